The van der Waals surface area contributed by atoms with E-state index in [0.717, 1.165) is 25.8 Å². The van der Waals surface area contributed by atoms with Crippen molar-refractivity contribution in [3.05, 3.63) is 14.4 Å². The van der Waals surface area contributed by atoms with Crippen LogP contribution in [0.25, 0.3) is 0 Å². The summed E-state index contributed by atoms with van der Waals surface area (Å²) in [6.45, 7) is 11.0. The van der Waals surface area contributed by atoms with Gasteiger partial charge >= 0.3 is 81.0 Å². The van der Waals surface area contributed by atoms with Gasteiger partial charge in [-0.15, -0.1) is 0 Å². The largest absolute Gasteiger partial charge is 1.00 e. The van der Waals surface area contributed by atoms with E-state index in [2.05, 4.69) is 18.0 Å². The first kappa shape index (κ1) is 36.8. The molecule has 0 aliphatic carbocycles. The van der Waals surface area contributed by atoms with E-state index in [0.29, 0.717) is 25.9 Å². The number of hydrogen-bond donors (Lipinski definition) is 2. The van der Waals surface area contributed by atoms with Gasteiger partial charge in [0.05, 0.1) is 12.5 Å². The Kier molecular flexibility index (Phi) is 20.3. The minimum absolute atomic E-state index is 0. The number of rotatable bonds is 3. The SMILES string of the molecule is CC.NC=O.O=C(C1(C(F)(F)F)CCCCO1)[N+]12CCCC1C2.[CH2-]C(=O)NCCC.[CH3-].[Cs+]. The summed E-state index contributed by atoms with van der Waals surface area (Å²) in [4.78, 5) is 31.0. The van der Waals surface area contributed by atoms with Crippen molar-refractivity contribution in [3.63, 3.8) is 0 Å². The molecule has 0 aromatic carbocycles. The van der Waals surface area contributed by atoms with Gasteiger partial charge in [-0.05, 0) is 25.7 Å². The van der Waals surface area contributed by atoms with Crippen molar-refractivity contribution in [1.82, 2.24) is 5.32 Å². The molecule has 3 rings (SSSR count). The van der Waals surface area contributed by atoms with Crippen LogP contribution < -0.4 is 79.9 Å². The Morgan fingerprint density at radius 2 is 1.84 bits per heavy atom. The molecule has 0 aromatic heterocycles. The molecular weight excluding hydrogens is 548 g/mol. The number of alkyl halides is 3. The first-order valence-corrected chi connectivity index (χ1v) is 10.5. The van der Waals surface area contributed by atoms with Crippen molar-refractivity contribution in [1.29, 1.82) is 0 Å². The zero-order chi connectivity index (χ0) is 23.4. The summed E-state index contributed by atoms with van der Waals surface area (Å²) in [6.07, 6.45) is -0.828. The second-order valence-electron chi connectivity index (χ2n) is 7.16. The van der Waals surface area contributed by atoms with Crippen LogP contribution in [0.4, 0.5) is 13.2 Å². The van der Waals surface area contributed by atoms with Crippen molar-refractivity contribution < 1.29 is 106 Å². The number of fused-ring (bicyclic) bond motifs is 1. The maximum absolute atomic E-state index is 13.3. The van der Waals surface area contributed by atoms with E-state index in [-0.39, 0.29) is 112 Å². The third kappa shape index (κ3) is 9.85. The average Bonchev–Trinajstić information content (AvgIpc) is 3.28. The number of amides is 3. The van der Waals surface area contributed by atoms with E-state index in [1.807, 2.05) is 20.8 Å². The molecule has 3 unspecified atom stereocenters. The Labute approximate surface area is 249 Å². The summed E-state index contributed by atoms with van der Waals surface area (Å²) in [7, 11) is 0. The molecule has 0 bridgehead atoms. The van der Waals surface area contributed by atoms with Crippen molar-refractivity contribution >= 4 is 18.2 Å². The molecule has 3 aliphatic rings. The molecule has 0 saturated carbocycles. The van der Waals surface area contributed by atoms with Crippen LogP contribution in [-0.2, 0) is 19.1 Å². The second kappa shape index (κ2) is 17.6. The quantitative estimate of drug-likeness (QED) is 0.209. The number of ether oxygens (including phenoxy) is 1. The van der Waals surface area contributed by atoms with Gasteiger partial charge in [0.15, 0.2) is 0 Å². The molecule has 11 heteroatoms. The predicted molar refractivity (Wildman–Crippen MR) is 113 cm³/mol. The molecule has 32 heavy (non-hydrogen) atoms. The van der Waals surface area contributed by atoms with Gasteiger partial charge in [0, 0.05) is 26.0 Å². The van der Waals surface area contributed by atoms with Gasteiger partial charge in [0.25, 0.3) is 5.60 Å². The number of nitrogens with zero attached hydrogens (tertiary/aromatic N) is 1. The summed E-state index contributed by atoms with van der Waals surface area (Å²) >= 11 is 0. The van der Waals surface area contributed by atoms with Gasteiger partial charge in [0.2, 0.25) is 6.41 Å². The fourth-order valence-corrected chi connectivity index (χ4v) is 3.83. The van der Waals surface area contributed by atoms with Crippen molar-refractivity contribution in [2.45, 2.75) is 77.1 Å². The smallest absolute Gasteiger partial charge is 0.381 e. The van der Waals surface area contributed by atoms with Gasteiger partial charge in [-0.1, -0.05) is 20.8 Å². The van der Waals surface area contributed by atoms with Crippen LogP contribution in [0, 0.1) is 14.4 Å². The Hall–Kier alpha value is 0.242. The van der Waals surface area contributed by atoms with Crippen molar-refractivity contribution in [2.75, 3.05) is 26.2 Å². The van der Waals surface area contributed by atoms with E-state index < -0.39 is 17.7 Å². The number of primary amides is 1. The minimum atomic E-state index is -4.59. The Bertz CT molecular complexity index is 559. The summed E-state index contributed by atoms with van der Waals surface area (Å²) in [5.41, 5.74) is 1.64. The average molecular weight is 587 g/mol. The van der Waals surface area contributed by atoms with E-state index in [9.17, 15) is 22.8 Å². The summed E-state index contributed by atoms with van der Waals surface area (Å²) in [6, 6.07) is 0.127. The number of quaternary nitrogens is 1. The van der Waals surface area contributed by atoms with Crippen LogP contribution in [0.5, 0.6) is 0 Å². The Balaban J connectivity index is -0.000000514. The molecule has 3 aliphatic heterocycles. The number of carbonyl (C=O) groups excluding carboxylic acids is 3. The number of nitrogens with one attached hydrogen (secondary N) is 1. The normalized spacial score (nSPS) is 26.9. The molecule has 3 saturated heterocycles. The Morgan fingerprint density at radius 3 is 2.12 bits per heavy atom. The van der Waals surface area contributed by atoms with Crippen LogP contribution >= 0.6 is 0 Å². The topological polar surface area (TPSA) is 98.5 Å². The first-order valence-electron chi connectivity index (χ1n) is 10.5. The van der Waals surface area contributed by atoms with Gasteiger partial charge in [0.1, 0.15) is 12.6 Å². The summed E-state index contributed by atoms with van der Waals surface area (Å²) in [5, 5.41) is 2.55. The van der Waals surface area contributed by atoms with Crippen molar-refractivity contribution in [3.8, 4) is 0 Å². The zero-order valence-corrected chi connectivity index (χ0v) is 26.5. The molecule has 0 radical (unpaired) electrons. The molecule has 3 N–H and O–H groups in total. The zero-order valence-electron chi connectivity index (χ0n) is 20.2. The number of hydrogen-bond acceptors (Lipinski definition) is 4. The van der Waals surface area contributed by atoms with Crippen LogP contribution in [0.2, 0.25) is 0 Å². The number of carbonyl (C=O) groups is 3. The molecule has 3 heterocycles. The molecule has 3 fully saturated rings. The van der Waals surface area contributed by atoms with Gasteiger partial charge < -0.3 is 34.9 Å². The number of halogens is 3. The summed E-state index contributed by atoms with van der Waals surface area (Å²) in [5.74, 6) is -0.918. The van der Waals surface area contributed by atoms with Crippen LogP contribution in [-0.4, -0.2) is 66.8 Å². The maximum atomic E-state index is 13.3. The first-order chi connectivity index (χ1) is 14.1. The van der Waals surface area contributed by atoms with Gasteiger partial charge in [-0.25, -0.2) is 9.28 Å². The van der Waals surface area contributed by atoms with Gasteiger partial charge in [-0.3, -0.25) is 4.79 Å². The number of piperidine rings is 1. The third-order valence-corrected chi connectivity index (χ3v) is 5.25. The maximum Gasteiger partial charge on any atom is 1.00 e. The van der Waals surface area contributed by atoms with Crippen LogP contribution in [0.1, 0.15) is 59.3 Å². The molecule has 0 aromatic rings. The van der Waals surface area contributed by atoms with Crippen LogP contribution in [0.15, 0.2) is 0 Å². The molecule has 7 nitrogen and oxygen atoms in total. The van der Waals surface area contributed by atoms with E-state index in [4.69, 9.17) is 9.53 Å². The molecular formula is C21H39CsF3N3O4. The number of nitrogens with two attached hydrogens (primary N) is 1. The minimum Gasteiger partial charge on any atom is -0.381 e. The van der Waals surface area contributed by atoms with E-state index in [1.54, 1.807) is 0 Å². The summed E-state index contributed by atoms with van der Waals surface area (Å²) < 4.78 is 45.0. The van der Waals surface area contributed by atoms with Gasteiger partial charge in [-0.2, -0.15) is 13.2 Å². The molecule has 3 atom stereocenters. The van der Waals surface area contributed by atoms with E-state index >= 15 is 0 Å². The third-order valence-electron chi connectivity index (χ3n) is 5.25. The fraction of sp³-hybridized carbons (Fsp3) is 0.762. The van der Waals surface area contributed by atoms with Crippen LogP contribution in [0.3, 0.4) is 0 Å². The second-order valence-corrected chi connectivity index (χ2v) is 7.16. The predicted octanol–water partition coefficient (Wildman–Crippen LogP) is -0.0639. The molecule has 3 amide bonds. The Morgan fingerprint density at radius 1 is 1.28 bits per heavy atom. The fourth-order valence-electron chi connectivity index (χ4n) is 3.83. The van der Waals surface area contributed by atoms with E-state index in [1.165, 1.54) is 0 Å². The molecule has 184 valence electrons. The molecule has 0 spiro atoms. The standard InChI is InChI=1S/C12H17F3NO2.C5H10NO.C2H6.CH3NO.CH3.Cs/c13-12(14,15)11(5-1-2-7-18-11)10(17)16-6-3-4-9(16)8-16;1-3-4-6-5(2)7;1-2;2-1-3;;/h9H,1-8H2;2-4H2,1H3,(H,6,7);1-2H3;1H,(H2,2,3);1H3;/q+1;-1;;;-1;+1. The monoisotopic (exact) mass is 587 g/mol. The van der Waals surface area contributed by atoms with Crippen molar-refractivity contribution in [2.24, 2.45) is 5.73 Å².